The summed E-state index contributed by atoms with van der Waals surface area (Å²) in [6, 6.07) is 24.9. The van der Waals surface area contributed by atoms with Crippen LogP contribution in [0.1, 0.15) is 11.1 Å². The molecule has 0 fully saturated rings. The minimum absolute atomic E-state index is 0.770. The third kappa shape index (κ3) is 2.56. The average Bonchev–Trinajstić information content (AvgIpc) is 2.62. The molecule has 0 aliphatic rings. The molecule has 0 aliphatic heterocycles. The molecule has 3 aromatic carbocycles. The van der Waals surface area contributed by atoms with Gasteiger partial charge in [0.1, 0.15) is 0 Å². The Morgan fingerprint density at radius 3 is 2.17 bits per heavy atom. The molecule has 0 unspecified atom stereocenters. The van der Waals surface area contributed by atoms with Gasteiger partial charge in [0, 0.05) is 16.5 Å². The van der Waals surface area contributed by atoms with E-state index in [4.69, 9.17) is 9.97 Å². The molecule has 0 spiro atoms. The van der Waals surface area contributed by atoms with Crippen LogP contribution in [0.5, 0.6) is 0 Å². The van der Waals surface area contributed by atoms with Gasteiger partial charge in [-0.2, -0.15) is 0 Å². The van der Waals surface area contributed by atoms with E-state index in [9.17, 15) is 0 Å². The van der Waals surface area contributed by atoms with Crippen molar-refractivity contribution >= 4 is 10.9 Å². The van der Waals surface area contributed by atoms with Crippen LogP contribution >= 0.6 is 0 Å². The highest BCUT2D eigenvalue weighted by atomic mass is 14.9. The first-order valence-electron chi connectivity index (χ1n) is 8.12. The quantitative estimate of drug-likeness (QED) is 0.483. The molecule has 0 atom stereocenters. The van der Waals surface area contributed by atoms with Crippen molar-refractivity contribution in [2.75, 3.05) is 0 Å². The van der Waals surface area contributed by atoms with Crippen molar-refractivity contribution < 1.29 is 0 Å². The highest BCUT2D eigenvalue weighted by molar-refractivity contribution is 5.94. The Morgan fingerprint density at radius 1 is 0.667 bits per heavy atom. The Kier molecular flexibility index (Phi) is 3.58. The lowest BCUT2D eigenvalue weighted by Crippen LogP contribution is -1.96. The maximum absolute atomic E-state index is 4.92. The molecule has 24 heavy (non-hydrogen) atoms. The Bertz CT molecular complexity index is 1020. The summed E-state index contributed by atoms with van der Waals surface area (Å²) in [5.74, 6) is 0.770. The predicted molar refractivity (Wildman–Crippen MR) is 99.9 cm³/mol. The highest BCUT2D eigenvalue weighted by Gasteiger charge is 2.12. The molecule has 0 N–H and O–H groups in total. The molecular formula is C22H18N2. The Balaban J connectivity index is 2.01. The lowest BCUT2D eigenvalue weighted by molar-refractivity contribution is 1.22. The van der Waals surface area contributed by atoms with Gasteiger partial charge in [-0.15, -0.1) is 0 Å². The van der Waals surface area contributed by atoms with Gasteiger partial charge in [0.2, 0.25) is 0 Å². The SMILES string of the molecule is Cc1ccc(-c2nc(-c3ccccc3C)c3ccccc3n2)cc1. The van der Waals surface area contributed by atoms with Crippen molar-refractivity contribution in [2.24, 2.45) is 0 Å². The number of aryl methyl sites for hydroxylation is 2. The van der Waals surface area contributed by atoms with Crippen molar-refractivity contribution in [2.45, 2.75) is 13.8 Å². The molecule has 0 aliphatic carbocycles. The Hall–Kier alpha value is -3.00. The van der Waals surface area contributed by atoms with E-state index in [2.05, 4.69) is 74.5 Å². The minimum atomic E-state index is 0.770. The summed E-state index contributed by atoms with van der Waals surface area (Å²) in [6.07, 6.45) is 0. The maximum Gasteiger partial charge on any atom is 0.160 e. The van der Waals surface area contributed by atoms with Crippen LogP contribution in [0, 0.1) is 13.8 Å². The topological polar surface area (TPSA) is 25.8 Å². The second-order valence-electron chi connectivity index (χ2n) is 6.09. The van der Waals surface area contributed by atoms with E-state index in [1.165, 1.54) is 11.1 Å². The minimum Gasteiger partial charge on any atom is -0.228 e. The second kappa shape index (κ2) is 5.89. The smallest absolute Gasteiger partial charge is 0.160 e. The summed E-state index contributed by atoms with van der Waals surface area (Å²) in [7, 11) is 0. The number of nitrogens with zero attached hydrogens (tertiary/aromatic N) is 2. The lowest BCUT2D eigenvalue weighted by Gasteiger charge is -2.11. The summed E-state index contributed by atoms with van der Waals surface area (Å²) < 4.78 is 0. The van der Waals surface area contributed by atoms with Crippen LogP contribution in [0.4, 0.5) is 0 Å². The zero-order valence-corrected chi connectivity index (χ0v) is 13.8. The van der Waals surface area contributed by atoms with Crippen LogP contribution in [0.25, 0.3) is 33.5 Å². The van der Waals surface area contributed by atoms with Crippen LogP contribution in [0.2, 0.25) is 0 Å². The van der Waals surface area contributed by atoms with Gasteiger partial charge in [0.05, 0.1) is 11.2 Å². The van der Waals surface area contributed by atoms with E-state index >= 15 is 0 Å². The number of hydrogen-bond acceptors (Lipinski definition) is 2. The van der Waals surface area contributed by atoms with Crippen LogP contribution in [0.15, 0.2) is 72.8 Å². The van der Waals surface area contributed by atoms with Gasteiger partial charge in [-0.05, 0) is 25.5 Å². The molecule has 0 radical (unpaired) electrons. The number of rotatable bonds is 2. The van der Waals surface area contributed by atoms with Crippen LogP contribution in [-0.2, 0) is 0 Å². The van der Waals surface area contributed by atoms with Gasteiger partial charge in [0.15, 0.2) is 5.82 Å². The van der Waals surface area contributed by atoms with E-state index in [-0.39, 0.29) is 0 Å². The van der Waals surface area contributed by atoms with Crippen LogP contribution < -0.4 is 0 Å². The fourth-order valence-electron chi connectivity index (χ4n) is 2.95. The third-order valence-electron chi connectivity index (χ3n) is 4.31. The van der Waals surface area contributed by atoms with E-state index < -0.39 is 0 Å². The normalized spacial score (nSPS) is 10.9. The van der Waals surface area contributed by atoms with Crippen molar-refractivity contribution in [3.05, 3.63) is 83.9 Å². The van der Waals surface area contributed by atoms with Gasteiger partial charge in [-0.1, -0.05) is 72.3 Å². The zero-order chi connectivity index (χ0) is 16.5. The molecule has 2 heteroatoms. The van der Waals surface area contributed by atoms with Gasteiger partial charge >= 0.3 is 0 Å². The number of benzene rings is 3. The van der Waals surface area contributed by atoms with Crippen molar-refractivity contribution in [3.8, 4) is 22.6 Å². The van der Waals surface area contributed by atoms with Crippen LogP contribution in [0.3, 0.4) is 0 Å². The monoisotopic (exact) mass is 310 g/mol. The first kappa shape index (κ1) is 14.6. The summed E-state index contributed by atoms with van der Waals surface area (Å²) in [4.78, 5) is 9.70. The highest BCUT2D eigenvalue weighted by Crippen LogP contribution is 2.30. The van der Waals surface area contributed by atoms with E-state index in [1.807, 2.05) is 12.1 Å². The molecule has 1 aromatic heterocycles. The number of hydrogen-bond donors (Lipinski definition) is 0. The Morgan fingerprint density at radius 2 is 1.38 bits per heavy atom. The predicted octanol–water partition coefficient (Wildman–Crippen LogP) is 5.58. The summed E-state index contributed by atoms with van der Waals surface area (Å²) in [6.45, 7) is 4.21. The number of para-hydroxylation sites is 1. The fraction of sp³-hybridized carbons (Fsp3) is 0.0909. The lowest BCUT2D eigenvalue weighted by atomic mass is 10.0. The first-order chi connectivity index (χ1) is 11.7. The van der Waals surface area contributed by atoms with E-state index in [1.54, 1.807) is 0 Å². The molecular weight excluding hydrogens is 292 g/mol. The number of fused-ring (bicyclic) bond motifs is 1. The largest absolute Gasteiger partial charge is 0.228 e. The van der Waals surface area contributed by atoms with E-state index in [0.29, 0.717) is 0 Å². The zero-order valence-electron chi connectivity index (χ0n) is 13.8. The molecule has 0 bridgehead atoms. The maximum atomic E-state index is 4.92. The molecule has 1 heterocycles. The molecule has 0 saturated heterocycles. The molecule has 4 aromatic rings. The van der Waals surface area contributed by atoms with Gasteiger partial charge in [0.25, 0.3) is 0 Å². The molecule has 0 amide bonds. The summed E-state index contributed by atoms with van der Waals surface area (Å²) in [5.41, 5.74) is 6.62. The standard InChI is InChI=1S/C22H18N2/c1-15-11-13-17(14-12-15)22-23-20-10-6-5-9-19(20)21(24-22)18-8-4-3-7-16(18)2/h3-14H,1-2H3. The average molecular weight is 310 g/mol. The van der Waals surface area contributed by atoms with Crippen molar-refractivity contribution in [1.82, 2.24) is 9.97 Å². The first-order valence-corrected chi connectivity index (χ1v) is 8.12. The molecule has 2 nitrogen and oxygen atoms in total. The van der Waals surface area contributed by atoms with Crippen molar-refractivity contribution in [1.29, 1.82) is 0 Å². The van der Waals surface area contributed by atoms with Gasteiger partial charge < -0.3 is 0 Å². The molecule has 0 saturated carbocycles. The van der Waals surface area contributed by atoms with Gasteiger partial charge in [-0.3, -0.25) is 0 Å². The summed E-state index contributed by atoms with van der Waals surface area (Å²) >= 11 is 0. The number of aromatic nitrogens is 2. The van der Waals surface area contributed by atoms with Crippen molar-refractivity contribution in [3.63, 3.8) is 0 Å². The van der Waals surface area contributed by atoms with E-state index in [0.717, 1.165) is 33.5 Å². The second-order valence-corrected chi connectivity index (χ2v) is 6.09. The Labute approximate surface area is 141 Å². The third-order valence-corrected chi connectivity index (χ3v) is 4.31. The molecule has 4 rings (SSSR count). The fourth-order valence-corrected chi connectivity index (χ4v) is 2.95. The molecule has 116 valence electrons. The van der Waals surface area contributed by atoms with Gasteiger partial charge in [-0.25, -0.2) is 9.97 Å². The summed E-state index contributed by atoms with van der Waals surface area (Å²) in [5, 5.41) is 1.09. The van der Waals surface area contributed by atoms with Crippen LogP contribution in [-0.4, -0.2) is 9.97 Å².